The largest absolute Gasteiger partial charge is 0.423 e. The molecule has 0 N–H and O–H groups in total. The van der Waals surface area contributed by atoms with Crippen LogP contribution < -0.4 is 0 Å². The number of carbonyl (C=O) groups is 3. The molecular weight excluding hydrogens is 544 g/mol. The molecular formula is C35H52N2O4S. The Labute approximate surface area is 258 Å². The van der Waals surface area contributed by atoms with Crippen LogP contribution in [-0.4, -0.2) is 57.8 Å². The van der Waals surface area contributed by atoms with E-state index in [1.54, 1.807) is 11.8 Å². The Morgan fingerprint density at radius 1 is 1.14 bits per heavy atom. The molecule has 2 aliphatic carbocycles. The van der Waals surface area contributed by atoms with Crippen LogP contribution in [0.1, 0.15) is 87.0 Å². The quantitative estimate of drug-likeness (QED) is 0.154. The molecule has 2 amide bonds. The number of allylic oxidation sites excluding steroid dienone is 6. The molecule has 3 rings (SSSR count). The van der Waals surface area contributed by atoms with Gasteiger partial charge in [0.2, 0.25) is 11.8 Å². The summed E-state index contributed by atoms with van der Waals surface area (Å²) in [5.41, 5.74) is 2.36. The normalized spacial score (nSPS) is 25.0. The molecule has 42 heavy (non-hydrogen) atoms. The molecule has 232 valence electrons. The summed E-state index contributed by atoms with van der Waals surface area (Å²) >= 11 is 1.63. The minimum atomic E-state index is -0.365. The van der Waals surface area contributed by atoms with E-state index in [1.807, 2.05) is 41.9 Å². The van der Waals surface area contributed by atoms with Crippen LogP contribution in [0.4, 0.5) is 0 Å². The van der Waals surface area contributed by atoms with Crippen molar-refractivity contribution in [3.8, 4) is 0 Å². The van der Waals surface area contributed by atoms with Gasteiger partial charge in [-0.2, -0.15) is 0 Å². The van der Waals surface area contributed by atoms with Crippen LogP contribution in [0.3, 0.4) is 0 Å². The van der Waals surface area contributed by atoms with E-state index in [0.29, 0.717) is 43.1 Å². The summed E-state index contributed by atoms with van der Waals surface area (Å²) in [4.78, 5) is 43.2. The van der Waals surface area contributed by atoms with Crippen LogP contribution in [0.2, 0.25) is 0 Å². The van der Waals surface area contributed by atoms with Gasteiger partial charge in [-0.15, -0.1) is 11.8 Å². The second-order valence-electron chi connectivity index (χ2n) is 12.4. The van der Waals surface area contributed by atoms with Crippen LogP contribution in [0.25, 0.3) is 0 Å². The summed E-state index contributed by atoms with van der Waals surface area (Å²) in [5.74, 6) is 1.93. The average Bonchev–Trinajstić information content (AvgIpc) is 3.27. The van der Waals surface area contributed by atoms with Crippen molar-refractivity contribution in [1.29, 1.82) is 0 Å². The smallest absolute Gasteiger partial charge is 0.335 e. The van der Waals surface area contributed by atoms with Crippen LogP contribution in [0.5, 0.6) is 0 Å². The van der Waals surface area contributed by atoms with Crippen LogP contribution in [0, 0.1) is 23.7 Å². The zero-order valence-corrected chi connectivity index (χ0v) is 27.6. The first kappa shape index (κ1) is 34.0. The third-order valence-electron chi connectivity index (χ3n) is 8.62. The molecule has 0 spiro atoms. The maximum absolute atomic E-state index is 13.6. The Morgan fingerprint density at radius 2 is 1.90 bits per heavy atom. The molecule has 7 heteroatoms. The number of nitrogens with zero attached hydrogens (tertiary/aromatic N) is 2. The second-order valence-corrected chi connectivity index (χ2v) is 13.7. The summed E-state index contributed by atoms with van der Waals surface area (Å²) in [6, 6.07) is 0. The molecule has 0 aromatic carbocycles. The average molecular weight is 597 g/mol. The molecule has 1 saturated heterocycles. The predicted octanol–water partition coefficient (Wildman–Crippen LogP) is 7.45. The van der Waals surface area contributed by atoms with E-state index in [-0.39, 0.29) is 40.7 Å². The van der Waals surface area contributed by atoms with Crippen molar-refractivity contribution in [3.05, 3.63) is 59.4 Å². The van der Waals surface area contributed by atoms with Crippen molar-refractivity contribution in [2.24, 2.45) is 23.7 Å². The lowest BCUT2D eigenvalue weighted by atomic mass is 9.88. The molecule has 3 aliphatic rings. The lowest BCUT2D eigenvalue weighted by Crippen LogP contribution is -2.39. The zero-order chi connectivity index (χ0) is 30.8. The van der Waals surface area contributed by atoms with Gasteiger partial charge in [0.15, 0.2) is 0 Å². The standard InChI is InChI=1S/C35H52N2O4S/c1-8-28-12-10-11-13-30(28)41-33(39)17-14-25(5)19-20-36(9-2)32(38)23-31-34(40)37(21-18-24(3)4)35(42-31)29-16-15-26(6)27(7)22-29/h11,13-17,22,24-27,31,35H,8-10,12,18-21,23H2,1-7H3/b17-14-. The fraction of sp³-hybridized carbons (Fsp3) is 0.629. The zero-order valence-electron chi connectivity index (χ0n) is 26.8. The van der Waals surface area contributed by atoms with Crippen molar-refractivity contribution < 1.29 is 19.1 Å². The van der Waals surface area contributed by atoms with Gasteiger partial charge in [0.1, 0.15) is 11.1 Å². The highest BCUT2D eigenvalue weighted by Gasteiger charge is 2.43. The molecule has 0 saturated carbocycles. The van der Waals surface area contributed by atoms with Crippen molar-refractivity contribution >= 4 is 29.5 Å². The lowest BCUT2D eigenvalue weighted by molar-refractivity contribution is -0.135. The van der Waals surface area contributed by atoms with E-state index in [1.165, 1.54) is 17.2 Å². The van der Waals surface area contributed by atoms with Crippen LogP contribution in [-0.2, 0) is 19.1 Å². The summed E-state index contributed by atoms with van der Waals surface area (Å²) < 4.78 is 5.57. The molecule has 0 aromatic heterocycles. The number of rotatable bonds is 14. The Bertz CT molecular complexity index is 1120. The SMILES string of the molecule is CCC1=C(OC(=O)/C=C\C(C)CCN(CC)C(=O)CC2SC(C3=CC(C)C(C)C=C3)N(CCC(C)C)C2=O)C=CCC1. The molecule has 1 heterocycles. The minimum Gasteiger partial charge on any atom is -0.423 e. The number of carbonyl (C=O) groups excluding carboxylic acids is 3. The number of hydrogen-bond acceptors (Lipinski definition) is 5. The van der Waals surface area contributed by atoms with Gasteiger partial charge in [-0.3, -0.25) is 9.59 Å². The highest BCUT2D eigenvalue weighted by atomic mass is 32.2. The molecule has 1 aliphatic heterocycles. The number of esters is 1. The molecule has 1 fully saturated rings. The van der Waals surface area contributed by atoms with E-state index >= 15 is 0 Å². The van der Waals surface area contributed by atoms with Crippen molar-refractivity contribution in [1.82, 2.24) is 9.80 Å². The minimum absolute atomic E-state index is 0.0154. The van der Waals surface area contributed by atoms with Gasteiger partial charge < -0.3 is 14.5 Å². The van der Waals surface area contributed by atoms with Gasteiger partial charge in [-0.25, -0.2) is 4.79 Å². The lowest BCUT2D eigenvalue weighted by Gasteiger charge is -2.29. The molecule has 0 aromatic rings. The monoisotopic (exact) mass is 596 g/mol. The van der Waals surface area contributed by atoms with E-state index in [4.69, 9.17) is 4.74 Å². The summed E-state index contributed by atoms with van der Waals surface area (Å²) in [7, 11) is 0. The van der Waals surface area contributed by atoms with Crippen LogP contribution in [0.15, 0.2) is 59.4 Å². The molecule has 5 atom stereocenters. The number of hydrogen-bond donors (Lipinski definition) is 0. The molecule has 0 bridgehead atoms. The summed E-state index contributed by atoms with van der Waals surface area (Å²) in [5, 5.41) is -0.399. The van der Waals surface area contributed by atoms with E-state index in [2.05, 4.69) is 52.8 Å². The van der Waals surface area contributed by atoms with E-state index in [0.717, 1.165) is 32.1 Å². The first-order chi connectivity index (χ1) is 20.0. The third kappa shape index (κ3) is 9.48. The van der Waals surface area contributed by atoms with Gasteiger partial charge in [0.05, 0.1) is 5.25 Å². The summed E-state index contributed by atoms with van der Waals surface area (Å²) in [6.07, 6.45) is 18.7. The maximum atomic E-state index is 13.6. The Kier molecular flexibility index (Phi) is 13.2. The fourth-order valence-corrected chi connectivity index (χ4v) is 6.93. The fourth-order valence-electron chi connectivity index (χ4n) is 5.45. The molecule has 6 nitrogen and oxygen atoms in total. The predicted molar refractivity (Wildman–Crippen MR) is 173 cm³/mol. The first-order valence-electron chi connectivity index (χ1n) is 16.0. The second kappa shape index (κ2) is 16.3. The Balaban J connectivity index is 1.56. The van der Waals surface area contributed by atoms with Gasteiger partial charge >= 0.3 is 5.97 Å². The maximum Gasteiger partial charge on any atom is 0.335 e. The van der Waals surface area contributed by atoms with Crippen LogP contribution >= 0.6 is 11.8 Å². The number of ether oxygens (including phenoxy) is 1. The topological polar surface area (TPSA) is 66.9 Å². The Hall–Kier alpha value is -2.54. The first-order valence-corrected chi connectivity index (χ1v) is 16.9. The van der Waals surface area contributed by atoms with Crippen molar-refractivity contribution in [2.75, 3.05) is 19.6 Å². The van der Waals surface area contributed by atoms with E-state index < -0.39 is 0 Å². The van der Waals surface area contributed by atoms with Crippen molar-refractivity contribution in [2.45, 2.75) is 97.6 Å². The highest BCUT2D eigenvalue weighted by molar-refractivity contribution is 8.01. The Morgan fingerprint density at radius 3 is 2.57 bits per heavy atom. The summed E-state index contributed by atoms with van der Waals surface area (Å²) in [6.45, 7) is 16.8. The van der Waals surface area contributed by atoms with Gasteiger partial charge in [0, 0.05) is 32.1 Å². The third-order valence-corrected chi connectivity index (χ3v) is 10.1. The van der Waals surface area contributed by atoms with Gasteiger partial charge in [0.25, 0.3) is 0 Å². The van der Waals surface area contributed by atoms with Gasteiger partial charge in [-0.1, -0.05) is 71.9 Å². The number of thioether (sulfide) groups is 1. The van der Waals surface area contributed by atoms with E-state index in [9.17, 15) is 14.4 Å². The highest BCUT2D eigenvalue weighted by Crippen LogP contribution is 2.40. The van der Waals surface area contributed by atoms with Gasteiger partial charge in [-0.05, 0) is 79.9 Å². The molecule has 5 unspecified atom stereocenters. The van der Waals surface area contributed by atoms with Crippen molar-refractivity contribution in [3.63, 3.8) is 0 Å². The number of amides is 2. The molecule has 0 radical (unpaired) electrons.